The van der Waals surface area contributed by atoms with Crippen molar-refractivity contribution < 1.29 is 14.7 Å². The topological polar surface area (TPSA) is 90.2 Å². The van der Waals surface area contributed by atoms with Gasteiger partial charge in [-0.15, -0.1) is 0 Å². The Morgan fingerprint density at radius 3 is 2.17 bits per heavy atom. The van der Waals surface area contributed by atoms with Gasteiger partial charge in [0.2, 0.25) is 0 Å². The molecule has 0 atom stereocenters. The van der Waals surface area contributed by atoms with Crippen LogP contribution < -0.4 is 5.32 Å². The highest BCUT2D eigenvalue weighted by Gasteiger charge is 2.34. The van der Waals surface area contributed by atoms with Crippen molar-refractivity contribution in [1.29, 1.82) is 5.26 Å². The van der Waals surface area contributed by atoms with Gasteiger partial charge in [0.1, 0.15) is 15.6 Å². The number of hydrogen-bond donors (Lipinski definition) is 2. The summed E-state index contributed by atoms with van der Waals surface area (Å²) in [6, 6.07) is 2.07. The van der Waals surface area contributed by atoms with E-state index in [4.69, 9.17) is 33.6 Å². The lowest BCUT2D eigenvalue weighted by Crippen LogP contribution is -2.48. The van der Waals surface area contributed by atoms with Gasteiger partial charge in [-0.1, -0.05) is 42.5 Å². The van der Waals surface area contributed by atoms with E-state index in [0.29, 0.717) is 12.8 Å². The van der Waals surface area contributed by atoms with E-state index in [1.807, 2.05) is 0 Å². The lowest BCUT2D eigenvalue weighted by molar-refractivity contribution is -0.132. The predicted molar refractivity (Wildman–Crippen MR) is 65.9 cm³/mol. The first-order valence-corrected chi connectivity index (χ1v) is 6.20. The van der Waals surface area contributed by atoms with E-state index in [0.717, 1.165) is 19.3 Å². The summed E-state index contributed by atoms with van der Waals surface area (Å²) in [6.07, 6.45) is 3.75. The molecule has 0 saturated heterocycles. The summed E-state index contributed by atoms with van der Waals surface area (Å²) < 4.78 is 0. The molecule has 2 N–H and O–H groups in total. The molecule has 0 aromatic carbocycles. The minimum Gasteiger partial charge on any atom is -0.477 e. The first-order valence-electron chi connectivity index (χ1n) is 5.44. The predicted octanol–water partition coefficient (Wildman–Crippen LogP) is 2.10. The van der Waals surface area contributed by atoms with E-state index in [9.17, 15) is 9.59 Å². The van der Waals surface area contributed by atoms with Crippen LogP contribution in [0.1, 0.15) is 32.1 Å². The third-order valence-corrected chi connectivity index (χ3v) is 3.66. The molecule has 0 aliphatic heterocycles. The zero-order chi connectivity index (χ0) is 13.8. The fourth-order valence-corrected chi connectivity index (χ4v) is 2.10. The van der Waals surface area contributed by atoms with Gasteiger partial charge in [-0.3, -0.25) is 4.79 Å². The van der Waals surface area contributed by atoms with E-state index in [-0.39, 0.29) is 0 Å². The molecule has 1 aliphatic rings. The van der Waals surface area contributed by atoms with Gasteiger partial charge in [0.25, 0.3) is 5.91 Å². The van der Waals surface area contributed by atoms with Crippen LogP contribution in [-0.2, 0) is 9.59 Å². The normalized spacial score (nSPS) is 19.4. The first-order chi connectivity index (χ1) is 8.42. The van der Waals surface area contributed by atoms with Crippen LogP contribution in [0.15, 0.2) is 10.1 Å². The zero-order valence-electron chi connectivity index (χ0n) is 9.50. The van der Waals surface area contributed by atoms with Gasteiger partial charge in [-0.25, -0.2) is 4.79 Å². The van der Waals surface area contributed by atoms with Crippen molar-refractivity contribution in [2.45, 2.75) is 37.6 Å². The van der Waals surface area contributed by atoms with Crippen LogP contribution in [0, 0.1) is 11.3 Å². The molecular weight excluding hydrogens is 279 g/mol. The Bertz CT molecular complexity index is 434. The van der Waals surface area contributed by atoms with Crippen LogP contribution in [0.2, 0.25) is 0 Å². The Hall–Kier alpha value is -1.25. The monoisotopic (exact) mass is 290 g/mol. The van der Waals surface area contributed by atoms with Crippen molar-refractivity contribution in [3.05, 3.63) is 10.1 Å². The maximum absolute atomic E-state index is 11.7. The molecule has 1 aliphatic carbocycles. The molecule has 1 fully saturated rings. The number of nitrogens with one attached hydrogen (secondary N) is 1. The highest BCUT2D eigenvalue weighted by atomic mass is 35.5. The van der Waals surface area contributed by atoms with E-state index >= 15 is 0 Å². The quantitative estimate of drug-likeness (QED) is 0.779. The lowest BCUT2D eigenvalue weighted by atomic mass is 9.83. The third-order valence-electron chi connectivity index (χ3n) is 2.85. The largest absolute Gasteiger partial charge is 0.477 e. The van der Waals surface area contributed by atoms with E-state index in [1.165, 1.54) is 0 Å². The molecule has 5 nitrogen and oxygen atoms in total. The van der Waals surface area contributed by atoms with Crippen LogP contribution in [0.4, 0.5) is 0 Å². The second-order valence-electron chi connectivity index (χ2n) is 4.14. The molecule has 98 valence electrons. The van der Waals surface area contributed by atoms with Crippen molar-refractivity contribution in [3.8, 4) is 6.07 Å². The number of amides is 1. The van der Waals surface area contributed by atoms with E-state index in [2.05, 4.69) is 11.4 Å². The van der Waals surface area contributed by atoms with Gasteiger partial charge in [0, 0.05) is 0 Å². The number of hydrogen-bond acceptors (Lipinski definition) is 3. The van der Waals surface area contributed by atoms with Crippen LogP contribution in [-0.4, -0.2) is 22.5 Å². The molecule has 0 aromatic heterocycles. The smallest absolute Gasteiger partial charge is 0.349 e. The van der Waals surface area contributed by atoms with Crippen molar-refractivity contribution in [2.75, 3.05) is 0 Å². The van der Waals surface area contributed by atoms with Gasteiger partial charge in [0.15, 0.2) is 0 Å². The highest BCUT2D eigenvalue weighted by molar-refractivity contribution is 6.53. The summed E-state index contributed by atoms with van der Waals surface area (Å²) in [4.78, 5) is 22.3. The third kappa shape index (κ3) is 3.37. The Kier molecular flexibility index (Phi) is 5.00. The lowest BCUT2D eigenvalue weighted by Gasteiger charge is -2.31. The van der Waals surface area contributed by atoms with Gasteiger partial charge >= 0.3 is 5.97 Å². The summed E-state index contributed by atoms with van der Waals surface area (Å²) in [7, 11) is 0. The van der Waals surface area contributed by atoms with Crippen molar-refractivity contribution in [3.63, 3.8) is 0 Å². The summed E-state index contributed by atoms with van der Waals surface area (Å²) in [5.41, 5.74) is -0.967. The molecule has 0 bridgehead atoms. The van der Waals surface area contributed by atoms with Crippen molar-refractivity contribution >= 4 is 35.1 Å². The standard InChI is InChI=1S/C11H12Cl2N2O3/c12-7(8(13)10(17)18)9(16)15-11(6-14)4-2-1-3-5-11/h1-5H2,(H,15,16)(H,17,18)/b8-7+. The average molecular weight is 291 g/mol. The van der Waals surface area contributed by atoms with Crippen LogP contribution in [0.5, 0.6) is 0 Å². The summed E-state index contributed by atoms with van der Waals surface area (Å²) in [5.74, 6) is -2.31. The van der Waals surface area contributed by atoms with Crippen LogP contribution in [0.3, 0.4) is 0 Å². The molecule has 0 heterocycles. The maximum atomic E-state index is 11.7. The number of carboxylic acid groups (broad SMARTS) is 1. The number of aliphatic carboxylic acids is 1. The van der Waals surface area contributed by atoms with Gasteiger partial charge < -0.3 is 10.4 Å². The Balaban J connectivity index is 2.84. The first kappa shape index (κ1) is 14.8. The Morgan fingerprint density at radius 2 is 1.72 bits per heavy atom. The van der Waals surface area contributed by atoms with Gasteiger partial charge in [0.05, 0.1) is 6.07 Å². The number of nitrogens with zero attached hydrogens (tertiary/aromatic N) is 1. The summed E-state index contributed by atoms with van der Waals surface area (Å²) in [5, 5.41) is 18.9. The van der Waals surface area contributed by atoms with E-state index in [1.54, 1.807) is 0 Å². The fourth-order valence-electron chi connectivity index (χ4n) is 1.89. The minimum atomic E-state index is -1.48. The second kappa shape index (κ2) is 6.07. The summed E-state index contributed by atoms with van der Waals surface area (Å²) >= 11 is 10.9. The molecule has 0 spiro atoms. The maximum Gasteiger partial charge on any atom is 0.349 e. The minimum absolute atomic E-state index is 0.532. The molecule has 0 radical (unpaired) electrons. The zero-order valence-corrected chi connectivity index (χ0v) is 11.0. The van der Waals surface area contributed by atoms with E-state index < -0.39 is 27.5 Å². The molecule has 7 heteroatoms. The van der Waals surface area contributed by atoms with Crippen LogP contribution in [0.25, 0.3) is 0 Å². The number of rotatable bonds is 3. The molecule has 0 unspecified atom stereocenters. The Labute approximate surface area is 114 Å². The molecule has 18 heavy (non-hydrogen) atoms. The molecule has 1 saturated carbocycles. The molecule has 0 aromatic rings. The number of carbonyl (C=O) groups is 2. The molecular formula is C11H12Cl2N2O3. The van der Waals surface area contributed by atoms with Crippen molar-refractivity contribution in [1.82, 2.24) is 5.32 Å². The van der Waals surface area contributed by atoms with Crippen LogP contribution >= 0.6 is 23.2 Å². The molecule has 1 rings (SSSR count). The Morgan fingerprint density at radius 1 is 1.17 bits per heavy atom. The SMILES string of the molecule is N#CC1(NC(=O)/C(Cl)=C(\Cl)C(=O)O)CCCCC1. The number of nitriles is 1. The van der Waals surface area contributed by atoms with Gasteiger partial charge in [-0.2, -0.15) is 5.26 Å². The number of carbonyl (C=O) groups excluding carboxylic acids is 1. The average Bonchev–Trinajstić information content (AvgIpc) is 2.37. The molecule has 1 amide bonds. The fraction of sp³-hybridized carbons (Fsp3) is 0.545. The number of carboxylic acids is 1. The number of halogens is 2. The second-order valence-corrected chi connectivity index (χ2v) is 4.90. The van der Waals surface area contributed by atoms with Gasteiger partial charge in [-0.05, 0) is 12.8 Å². The van der Waals surface area contributed by atoms with Crippen molar-refractivity contribution in [2.24, 2.45) is 0 Å². The highest BCUT2D eigenvalue weighted by Crippen LogP contribution is 2.28. The summed E-state index contributed by atoms with van der Waals surface area (Å²) in [6.45, 7) is 0.